The highest BCUT2D eigenvalue weighted by molar-refractivity contribution is 9.10. The number of halogens is 1. The van der Waals surface area contributed by atoms with Crippen molar-refractivity contribution in [1.82, 2.24) is 9.97 Å². The molecule has 0 radical (unpaired) electrons. The molecule has 0 aliphatic heterocycles. The summed E-state index contributed by atoms with van der Waals surface area (Å²) in [6.45, 7) is 2.06. The van der Waals surface area contributed by atoms with Gasteiger partial charge in [-0.3, -0.25) is 0 Å². The smallest absolute Gasteiger partial charge is 0.336 e. The van der Waals surface area contributed by atoms with Crippen molar-refractivity contribution >= 4 is 49.7 Å². The summed E-state index contributed by atoms with van der Waals surface area (Å²) in [5, 5.41) is 1.78. The summed E-state index contributed by atoms with van der Waals surface area (Å²) in [5.74, 6) is 0.641. The van der Waals surface area contributed by atoms with Crippen LogP contribution in [0.2, 0.25) is 0 Å². The number of H-pyrrole nitrogens is 1. The maximum Gasteiger partial charge on any atom is 0.336 e. The number of hydrogen-bond donors (Lipinski definition) is 1. The number of thioether (sulfide) groups is 1. The van der Waals surface area contributed by atoms with Crippen LogP contribution in [0.1, 0.15) is 11.1 Å². The Kier molecular flexibility index (Phi) is 3.94. The second kappa shape index (κ2) is 6.11. The number of benzene rings is 2. The predicted octanol–water partition coefficient (Wildman–Crippen LogP) is 5.03. The molecular weight excluding hydrogens is 388 g/mol. The minimum absolute atomic E-state index is 0.337. The van der Waals surface area contributed by atoms with E-state index in [1.807, 2.05) is 30.3 Å². The third-order valence-corrected chi connectivity index (χ3v) is 5.19. The molecule has 1 N–H and O–H groups in total. The zero-order valence-corrected chi connectivity index (χ0v) is 15.2. The minimum Gasteiger partial charge on any atom is -0.423 e. The van der Waals surface area contributed by atoms with Crippen LogP contribution >= 0.6 is 27.7 Å². The highest BCUT2D eigenvalue weighted by Crippen LogP contribution is 2.28. The van der Waals surface area contributed by atoms with Crippen molar-refractivity contribution in [1.29, 1.82) is 0 Å². The van der Waals surface area contributed by atoms with Gasteiger partial charge in [-0.1, -0.05) is 33.8 Å². The zero-order chi connectivity index (χ0) is 16.7. The number of nitrogens with one attached hydrogen (secondary N) is 1. The lowest BCUT2D eigenvalue weighted by Crippen LogP contribution is -1.99. The molecule has 4 nitrogen and oxygen atoms in total. The van der Waals surface area contributed by atoms with E-state index in [1.165, 1.54) is 5.56 Å². The lowest BCUT2D eigenvalue weighted by atomic mass is 10.1. The summed E-state index contributed by atoms with van der Waals surface area (Å²) in [5.41, 5.74) is 4.36. The van der Waals surface area contributed by atoms with E-state index in [9.17, 15) is 4.79 Å². The average Bonchev–Trinajstić information content (AvgIpc) is 2.94. The highest BCUT2D eigenvalue weighted by Gasteiger charge is 2.09. The van der Waals surface area contributed by atoms with Crippen LogP contribution < -0.4 is 5.63 Å². The number of imidazole rings is 1. The normalized spacial score (nSPS) is 11.4. The van der Waals surface area contributed by atoms with Crippen molar-refractivity contribution in [3.63, 3.8) is 0 Å². The zero-order valence-electron chi connectivity index (χ0n) is 12.8. The van der Waals surface area contributed by atoms with Gasteiger partial charge in [-0.05, 0) is 48.4 Å². The van der Waals surface area contributed by atoms with Gasteiger partial charge in [-0.25, -0.2) is 9.78 Å². The summed E-state index contributed by atoms with van der Waals surface area (Å²) in [4.78, 5) is 19.7. The summed E-state index contributed by atoms with van der Waals surface area (Å²) < 4.78 is 6.16. The molecular formula is C18H13BrN2O2S. The standard InChI is InChI=1S/C18H13BrN2O2S/c1-10-2-5-14-15(6-10)21-18(20-14)24-9-11-7-17(22)23-16-8-12(19)3-4-13(11)16/h2-8H,9H2,1H3,(H,20,21). The van der Waals surface area contributed by atoms with Crippen LogP contribution in [-0.4, -0.2) is 9.97 Å². The van der Waals surface area contributed by atoms with E-state index < -0.39 is 0 Å². The third-order valence-electron chi connectivity index (χ3n) is 3.77. The van der Waals surface area contributed by atoms with Gasteiger partial charge in [0.15, 0.2) is 5.16 Å². The lowest BCUT2D eigenvalue weighted by molar-refractivity contribution is 0.559. The van der Waals surface area contributed by atoms with E-state index in [2.05, 4.69) is 38.9 Å². The molecule has 120 valence electrons. The van der Waals surface area contributed by atoms with Crippen LogP contribution in [0.15, 0.2) is 61.3 Å². The van der Waals surface area contributed by atoms with E-state index in [0.29, 0.717) is 11.3 Å². The maximum atomic E-state index is 11.8. The van der Waals surface area contributed by atoms with E-state index in [1.54, 1.807) is 17.8 Å². The number of aromatic amines is 1. The Morgan fingerprint density at radius 2 is 2.08 bits per heavy atom. The molecule has 6 heteroatoms. The van der Waals surface area contributed by atoms with Crippen LogP contribution in [0.5, 0.6) is 0 Å². The first-order valence-corrected chi connectivity index (χ1v) is 9.18. The van der Waals surface area contributed by atoms with Gasteiger partial charge in [0.1, 0.15) is 5.58 Å². The van der Waals surface area contributed by atoms with Crippen molar-refractivity contribution in [3.8, 4) is 0 Å². The second-order valence-electron chi connectivity index (χ2n) is 5.58. The van der Waals surface area contributed by atoms with Crippen LogP contribution in [0.25, 0.3) is 22.0 Å². The fourth-order valence-corrected chi connectivity index (χ4v) is 3.85. The largest absolute Gasteiger partial charge is 0.423 e. The first kappa shape index (κ1) is 15.5. The molecule has 4 rings (SSSR count). The Labute approximate surface area is 150 Å². The molecule has 0 saturated carbocycles. The van der Waals surface area contributed by atoms with Crippen molar-refractivity contribution in [2.24, 2.45) is 0 Å². The molecule has 4 aromatic rings. The number of rotatable bonds is 3. The van der Waals surface area contributed by atoms with E-state index in [0.717, 1.165) is 31.6 Å². The second-order valence-corrected chi connectivity index (χ2v) is 7.46. The van der Waals surface area contributed by atoms with E-state index >= 15 is 0 Å². The topological polar surface area (TPSA) is 58.9 Å². The SMILES string of the molecule is Cc1ccc2nc(SCc3cc(=O)oc4cc(Br)ccc34)[nH]c2c1. The fraction of sp³-hybridized carbons (Fsp3) is 0.111. The van der Waals surface area contributed by atoms with E-state index in [-0.39, 0.29) is 5.63 Å². The molecule has 0 aliphatic rings. The molecule has 0 aliphatic carbocycles. The molecule has 0 atom stereocenters. The van der Waals surface area contributed by atoms with Gasteiger partial charge in [0.05, 0.1) is 11.0 Å². The monoisotopic (exact) mass is 400 g/mol. The molecule has 2 heterocycles. The number of aryl methyl sites for hydroxylation is 1. The Hall–Kier alpha value is -2.05. The first-order valence-electron chi connectivity index (χ1n) is 7.40. The Balaban J connectivity index is 1.67. The lowest BCUT2D eigenvalue weighted by Gasteiger charge is -2.04. The van der Waals surface area contributed by atoms with Crippen molar-refractivity contribution < 1.29 is 4.42 Å². The Morgan fingerprint density at radius 1 is 1.21 bits per heavy atom. The van der Waals surface area contributed by atoms with Gasteiger partial charge in [0, 0.05) is 21.7 Å². The first-order chi connectivity index (χ1) is 11.6. The summed E-state index contributed by atoms with van der Waals surface area (Å²) in [7, 11) is 0. The highest BCUT2D eigenvalue weighted by atomic mass is 79.9. The Bertz CT molecular complexity index is 1120. The summed E-state index contributed by atoms with van der Waals surface area (Å²) in [6, 6.07) is 13.4. The summed E-state index contributed by atoms with van der Waals surface area (Å²) in [6.07, 6.45) is 0. The van der Waals surface area contributed by atoms with Crippen LogP contribution in [0.4, 0.5) is 0 Å². The minimum atomic E-state index is -0.337. The van der Waals surface area contributed by atoms with Gasteiger partial charge >= 0.3 is 5.63 Å². The van der Waals surface area contributed by atoms with Gasteiger partial charge in [-0.15, -0.1) is 0 Å². The third kappa shape index (κ3) is 2.99. The Morgan fingerprint density at radius 3 is 2.96 bits per heavy atom. The summed E-state index contributed by atoms with van der Waals surface area (Å²) >= 11 is 4.97. The number of fused-ring (bicyclic) bond motifs is 2. The molecule has 0 bridgehead atoms. The van der Waals surface area contributed by atoms with Crippen LogP contribution in [0.3, 0.4) is 0 Å². The van der Waals surface area contributed by atoms with Crippen molar-refractivity contribution in [2.75, 3.05) is 0 Å². The van der Waals surface area contributed by atoms with Gasteiger partial charge in [-0.2, -0.15) is 0 Å². The average molecular weight is 401 g/mol. The molecule has 0 spiro atoms. The molecule has 0 unspecified atom stereocenters. The molecule has 0 saturated heterocycles. The fourth-order valence-electron chi connectivity index (χ4n) is 2.64. The van der Waals surface area contributed by atoms with Crippen molar-refractivity contribution in [3.05, 3.63) is 68.5 Å². The molecule has 2 aromatic carbocycles. The van der Waals surface area contributed by atoms with Gasteiger partial charge < -0.3 is 9.40 Å². The molecule has 2 aromatic heterocycles. The van der Waals surface area contributed by atoms with Crippen LogP contribution in [-0.2, 0) is 5.75 Å². The molecule has 24 heavy (non-hydrogen) atoms. The number of hydrogen-bond acceptors (Lipinski definition) is 4. The predicted molar refractivity (Wildman–Crippen MR) is 101 cm³/mol. The number of aromatic nitrogens is 2. The molecule has 0 amide bonds. The quantitative estimate of drug-likeness (QED) is 0.386. The van der Waals surface area contributed by atoms with E-state index in [4.69, 9.17) is 4.42 Å². The maximum absolute atomic E-state index is 11.8. The van der Waals surface area contributed by atoms with Crippen LogP contribution in [0, 0.1) is 6.92 Å². The van der Waals surface area contributed by atoms with Crippen molar-refractivity contribution in [2.45, 2.75) is 17.8 Å². The van der Waals surface area contributed by atoms with Gasteiger partial charge in [0.2, 0.25) is 0 Å². The number of nitrogens with zero attached hydrogens (tertiary/aromatic N) is 1. The van der Waals surface area contributed by atoms with Gasteiger partial charge in [0.25, 0.3) is 0 Å². The molecule has 0 fully saturated rings.